The van der Waals surface area contributed by atoms with Crippen molar-refractivity contribution in [2.45, 2.75) is 25.4 Å². The minimum Gasteiger partial charge on any atom is -0.480 e. The number of aliphatic carboxylic acids is 1. The average Bonchev–Trinajstić information content (AvgIpc) is 2.80. The van der Waals surface area contributed by atoms with Crippen LogP contribution in [0.25, 0.3) is 0 Å². The highest BCUT2D eigenvalue weighted by molar-refractivity contribution is 6.03. The predicted molar refractivity (Wildman–Crippen MR) is 65.7 cm³/mol. The molecular formula is C12H13N3O5. The van der Waals surface area contributed by atoms with E-state index in [9.17, 15) is 19.2 Å². The SMILES string of the molecule is O=C(O)Cn1cccc1C(=O)NC1CCC(=O)NC1=O. The van der Waals surface area contributed by atoms with Gasteiger partial charge in [-0.25, -0.2) is 0 Å². The number of rotatable bonds is 4. The van der Waals surface area contributed by atoms with E-state index < -0.39 is 23.8 Å². The first-order chi connectivity index (χ1) is 9.47. The molecule has 20 heavy (non-hydrogen) atoms. The van der Waals surface area contributed by atoms with Gasteiger partial charge in [-0.05, 0) is 18.6 Å². The highest BCUT2D eigenvalue weighted by Crippen LogP contribution is 2.07. The van der Waals surface area contributed by atoms with Crippen LogP contribution in [-0.4, -0.2) is 39.4 Å². The molecule has 2 rings (SSSR count). The smallest absolute Gasteiger partial charge is 0.323 e. The molecule has 1 aromatic rings. The molecule has 1 aromatic heterocycles. The average molecular weight is 279 g/mol. The van der Waals surface area contributed by atoms with E-state index in [1.165, 1.54) is 16.8 Å². The lowest BCUT2D eigenvalue weighted by Gasteiger charge is -2.21. The van der Waals surface area contributed by atoms with Gasteiger partial charge < -0.3 is 15.0 Å². The van der Waals surface area contributed by atoms with Gasteiger partial charge >= 0.3 is 5.97 Å². The van der Waals surface area contributed by atoms with E-state index in [0.717, 1.165) is 0 Å². The number of imide groups is 1. The van der Waals surface area contributed by atoms with Gasteiger partial charge in [0.15, 0.2) is 0 Å². The largest absolute Gasteiger partial charge is 0.480 e. The van der Waals surface area contributed by atoms with Crippen LogP contribution in [0.4, 0.5) is 0 Å². The van der Waals surface area contributed by atoms with Crippen LogP contribution in [0.5, 0.6) is 0 Å². The summed E-state index contributed by atoms with van der Waals surface area (Å²) in [5, 5.41) is 13.4. The number of aromatic nitrogens is 1. The van der Waals surface area contributed by atoms with Gasteiger partial charge in [-0.3, -0.25) is 24.5 Å². The van der Waals surface area contributed by atoms with Crippen LogP contribution >= 0.6 is 0 Å². The summed E-state index contributed by atoms with van der Waals surface area (Å²) in [6, 6.07) is 2.22. The summed E-state index contributed by atoms with van der Waals surface area (Å²) in [4.78, 5) is 45.2. The van der Waals surface area contributed by atoms with Crippen molar-refractivity contribution < 1.29 is 24.3 Å². The number of carbonyl (C=O) groups excluding carboxylic acids is 3. The predicted octanol–water partition coefficient (Wildman–Crippen LogP) is -0.892. The molecular weight excluding hydrogens is 266 g/mol. The highest BCUT2D eigenvalue weighted by atomic mass is 16.4. The van der Waals surface area contributed by atoms with Crippen LogP contribution in [0.2, 0.25) is 0 Å². The molecule has 1 aliphatic heterocycles. The van der Waals surface area contributed by atoms with E-state index >= 15 is 0 Å². The Hall–Kier alpha value is -2.64. The van der Waals surface area contributed by atoms with E-state index in [4.69, 9.17) is 5.11 Å². The second-order valence-electron chi connectivity index (χ2n) is 4.39. The summed E-state index contributed by atoms with van der Waals surface area (Å²) >= 11 is 0. The number of amides is 3. The molecule has 0 aliphatic carbocycles. The molecule has 3 N–H and O–H groups in total. The molecule has 106 valence electrons. The molecule has 1 unspecified atom stereocenters. The molecule has 1 atom stereocenters. The van der Waals surface area contributed by atoms with Gasteiger partial charge in [0.1, 0.15) is 18.3 Å². The minimum atomic E-state index is -1.07. The maximum Gasteiger partial charge on any atom is 0.323 e. The summed E-state index contributed by atoms with van der Waals surface area (Å²) in [6.07, 6.45) is 1.86. The number of nitrogens with zero attached hydrogens (tertiary/aromatic N) is 1. The van der Waals surface area contributed by atoms with E-state index in [1.54, 1.807) is 6.07 Å². The third-order valence-electron chi connectivity index (χ3n) is 2.91. The summed E-state index contributed by atoms with van der Waals surface area (Å²) in [5.41, 5.74) is 0.150. The van der Waals surface area contributed by atoms with Crippen molar-refractivity contribution >= 4 is 23.7 Å². The van der Waals surface area contributed by atoms with Crippen LogP contribution in [0.1, 0.15) is 23.3 Å². The van der Waals surface area contributed by atoms with Gasteiger partial charge in [-0.1, -0.05) is 0 Å². The highest BCUT2D eigenvalue weighted by Gasteiger charge is 2.28. The summed E-state index contributed by atoms with van der Waals surface area (Å²) < 4.78 is 1.27. The van der Waals surface area contributed by atoms with Crippen molar-refractivity contribution in [2.24, 2.45) is 0 Å². The molecule has 0 radical (unpaired) electrons. The molecule has 2 heterocycles. The lowest BCUT2D eigenvalue weighted by molar-refractivity contribution is -0.138. The molecule has 0 bridgehead atoms. The molecule has 1 aliphatic rings. The Morgan fingerprint density at radius 2 is 2.20 bits per heavy atom. The minimum absolute atomic E-state index is 0.150. The van der Waals surface area contributed by atoms with E-state index in [-0.39, 0.29) is 31.0 Å². The Kier molecular flexibility index (Phi) is 3.83. The zero-order chi connectivity index (χ0) is 14.7. The van der Waals surface area contributed by atoms with Crippen LogP contribution in [0.3, 0.4) is 0 Å². The number of carboxylic acids is 1. The molecule has 0 aromatic carbocycles. The second kappa shape index (κ2) is 5.55. The topological polar surface area (TPSA) is 118 Å². The van der Waals surface area contributed by atoms with E-state index in [0.29, 0.717) is 0 Å². The number of hydrogen-bond acceptors (Lipinski definition) is 4. The molecule has 8 nitrogen and oxygen atoms in total. The normalized spacial score (nSPS) is 18.5. The first-order valence-electron chi connectivity index (χ1n) is 5.99. The Morgan fingerprint density at radius 1 is 1.45 bits per heavy atom. The van der Waals surface area contributed by atoms with Gasteiger partial charge in [0, 0.05) is 12.6 Å². The standard InChI is InChI=1S/C12H13N3O5/c16-9-4-3-7(11(19)14-9)13-12(20)8-2-1-5-15(8)6-10(17)18/h1-2,5,7H,3-4,6H2,(H,13,20)(H,17,18)(H,14,16,19). The van der Waals surface area contributed by atoms with Crippen LogP contribution < -0.4 is 10.6 Å². The van der Waals surface area contributed by atoms with Gasteiger partial charge in [0.05, 0.1) is 0 Å². The Bertz CT molecular complexity index is 577. The number of piperidine rings is 1. The van der Waals surface area contributed by atoms with Crippen molar-refractivity contribution in [3.05, 3.63) is 24.0 Å². The van der Waals surface area contributed by atoms with E-state index in [2.05, 4.69) is 10.6 Å². The number of carbonyl (C=O) groups is 4. The summed E-state index contributed by atoms with van der Waals surface area (Å²) in [6.45, 7) is -0.342. The number of carboxylic acid groups (broad SMARTS) is 1. The molecule has 3 amide bonds. The molecule has 0 saturated carbocycles. The maximum atomic E-state index is 12.0. The van der Waals surface area contributed by atoms with Crippen molar-refractivity contribution in [1.82, 2.24) is 15.2 Å². The number of nitrogens with one attached hydrogen (secondary N) is 2. The zero-order valence-corrected chi connectivity index (χ0v) is 10.5. The molecule has 1 saturated heterocycles. The fourth-order valence-electron chi connectivity index (χ4n) is 1.97. The molecule has 1 fully saturated rings. The van der Waals surface area contributed by atoms with E-state index in [1.807, 2.05) is 0 Å². The lowest BCUT2D eigenvalue weighted by Crippen LogP contribution is -2.52. The third kappa shape index (κ3) is 3.02. The maximum absolute atomic E-state index is 12.0. The van der Waals surface area contributed by atoms with Gasteiger partial charge in [-0.2, -0.15) is 0 Å². The lowest BCUT2D eigenvalue weighted by atomic mass is 10.1. The Balaban J connectivity index is 2.05. The molecule has 0 spiro atoms. The fraction of sp³-hybridized carbons (Fsp3) is 0.333. The van der Waals surface area contributed by atoms with Crippen molar-refractivity contribution in [1.29, 1.82) is 0 Å². The van der Waals surface area contributed by atoms with Crippen LogP contribution in [-0.2, 0) is 20.9 Å². The fourth-order valence-corrected chi connectivity index (χ4v) is 1.97. The second-order valence-corrected chi connectivity index (χ2v) is 4.39. The Labute approximate surface area is 113 Å². The van der Waals surface area contributed by atoms with Gasteiger partial charge in [0.25, 0.3) is 5.91 Å². The van der Waals surface area contributed by atoms with Gasteiger partial charge in [0.2, 0.25) is 11.8 Å². The summed E-state index contributed by atoms with van der Waals surface area (Å²) in [5.74, 6) is -2.54. The van der Waals surface area contributed by atoms with Crippen molar-refractivity contribution in [3.63, 3.8) is 0 Å². The molecule has 8 heteroatoms. The quantitative estimate of drug-likeness (QED) is 0.618. The first-order valence-corrected chi connectivity index (χ1v) is 5.99. The summed E-state index contributed by atoms with van der Waals surface area (Å²) in [7, 11) is 0. The van der Waals surface area contributed by atoms with Gasteiger partial charge in [-0.15, -0.1) is 0 Å². The third-order valence-corrected chi connectivity index (χ3v) is 2.91. The van der Waals surface area contributed by atoms with Crippen LogP contribution in [0.15, 0.2) is 18.3 Å². The zero-order valence-electron chi connectivity index (χ0n) is 10.5. The van der Waals surface area contributed by atoms with Crippen molar-refractivity contribution in [2.75, 3.05) is 0 Å². The monoisotopic (exact) mass is 279 g/mol. The first kappa shape index (κ1) is 13.8. The van der Waals surface area contributed by atoms with Crippen molar-refractivity contribution in [3.8, 4) is 0 Å². The number of hydrogen-bond donors (Lipinski definition) is 3. The van der Waals surface area contributed by atoms with Crippen LogP contribution in [0, 0.1) is 0 Å². The Morgan fingerprint density at radius 3 is 2.85 bits per heavy atom.